The van der Waals surface area contributed by atoms with E-state index in [4.69, 9.17) is 9.47 Å². The van der Waals surface area contributed by atoms with Crippen LogP contribution in [0.2, 0.25) is 0 Å². The predicted octanol–water partition coefficient (Wildman–Crippen LogP) is 4.19. The number of hydrogen-bond acceptors (Lipinski definition) is 6. The summed E-state index contributed by atoms with van der Waals surface area (Å²) in [7, 11) is 0. The van der Waals surface area contributed by atoms with E-state index in [1.54, 1.807) is 19.9 Å². The first-order valence-corrected chi connectivity index (χ1v) is 12.1. The van der Waals surface area contributed by atoms with Crippen molar-refractivity contribution in [3.63, 3.8) is 0 Å². The van der Waals surface area contributed by atoms with E-state index in [9.17, 15) is 33.3 Å². The van der Waals surface area contributed by atoms with Crippen molar-refractivity contribution >= 4 is 5.97 Å². The second-order valence-corrected chi connectivity index (χ2v) is 9.36. The average molecular weight is 503 g/mol. The third-order valence-electron chi connectivity index (χ3n) is 5.97. The third-order valence-corrected chi connectivity index (χ3v) is 5.97. The highest BCUT2D eigenvalue weighted by molar-refractivity contribution is 5.69. The van der Waals surface area contributed by atoms with Gasteiger partial charge in [0.15, 0.2) is 0 Å². The highest BCUT2D eigenvalue weighted by Crippen LogP contribution is 2.33. The molecule has 0 saturated heterocycles. The minimum absolute atomic E-state index is 0.0917. The topological polar surface area (TPSA) is 96.2 Å². The molecule has 0 bridgehead atoms. The van der Waals surface area contributed by atoms with Crippen LogP contribution in [-0.2, 0) is 26.9 Å². The highest BCUT2D eigenvalue weighted by atomic mass is 19.4. The van der Waals surface area contributed by atoms with Gasteiger partial charge in [0, 0.05) is 18.8 Å². The summed E-state index contributed by atoms with van der Waals surface area (Å²) in [5.41, 5.74) is -0.258. The number of carbonyl (C=O) groups excluding carboxylic acids is 1. The molecule has 0 unspecified atom stereocenters. The predicted molar refractivity (Wildman–Crippen MR) is 124 cm³/mol. The van der Waals surface area contributed by atoms with Gasteiger partial charge in [0.1, 0.15) is 0 Å². The number of aliphatic hydroxyl groups is 3. The van der Waals surface area contributed by atoms with Crippen molar-refractivity contribution in [1.29, 1.82) is 0 Å². The zero-order valence-electron chi connectivity index (χ0n) is 20.3. The van der Waals surface area contributed by atoms with Crippen molar-refractivity contribution < 1.29 is 42.8 Å². The molecule has 1 aromatic carbocycles. The van der Waals surface area contributed by atoms with Crippen LogP contribution < -0.4 is 0 Å². The molecule has 2 rings (SSSR count). The summed E-state index contributed by atoms with van der Waals surface area (Å²) in [6, 6.07) is 4.99. The first-order chi connectivity index (χ1) is 16.5. The van der Waals surface area contributed by atoms with Gasteiger partial charge >= 0.3 is 12.1 Å². The molecule has 6 nitrogen and oxygen atoms in total. The number of benzene rings is 1. The van der Waals surface area contributed by atoms with Gasteiger partial charge in [0.25, 0.3) is 0 Å². The normalized spacial score (nSPS) is 23.8. The zero-order valence-corrected chi connectivity index (χ0v) is 20.3. The first-order valence-electron chi connectivity index (χ1n) is 12.1. The molecule has 0 aliphatic heterocycles. The lowest BCUT2D eigenvalue weighted by molar-refractivity contribution is -0.147. The van der Waals surface area contributed by atoms with E-state index < -0.39 is 36.2 Å². The highest BCUT2D eigenvalue weighted by Gasteiger charge is 2.42. The second kappa shape index (κ2) is 14.0. The van der Waals surface area contributed by atoms with Crippen LogP contribution in [0, 0.1) is 5.92 Å². The standard InChI is InChI=1S/C26H37F3O6/c1-17(2)35-24(33)11-6-4-3-5-10-21-22(31)15-23(32)25(21)34-16-20(30)13-12-18-8-7-9-19(14-18)26(27,28)29/h3,5,7-9,14,17,20-23,25,30-32H,4,6,10-13,15-16H2,1-2H3/t20-,21-,22-,23+,25+/m0/s1. The molecule has 0 spiro atoms. The van der Waals surface area contributed by atoms with Crippen LogP contribution in [0.15, 0.2) is 36.4 Å². The van der Waals surface area contributed by atoms with Gasteiger partial charge in [-0.15, -0.1) is 0 Å². The van der Waals surface area contributed by atoms with E-state index in [0.29, 0.717) is 31.2 Å². The number of aliphatic hydroxyl groups excluding tert-OH is 3. The first kappa shape index (κ1) is 29.3. The fourth-order valence-corrected chi connectivity index (χ4v) is 4.19. The van der Waals surface area contributed by atoms with Crippen LogP contribution in [0.3, 0.4) is 0 Å². The Balaban J connectivity index is 1.76. The van der Waals surface area contributed by atoms with Crippen LogP contribution in [0.1, 0.15) is 63.5 Å². The second-order valence-electron chi connectivity index (χ2n) is 9.36. The van der Waals surface area contributed by atoms with Crippen molar-refractivity contribution in [1.82, 2.24) is 0 Å². The largest absolute Gasteiger partial charge is 0.463 e. The molecule has 1 aliphatic carbocycles. The molecule has 5 atom stereocenters. The van der Waals surface area contributed by atoms with Crippen LogP contribution in [0.4, 0.5) is 13.2 Å². The molecule has 1 saturated carbocycles. The van der Waals surface area contributed by atoms with Crippen molar-refractivity contribution in [2.45, 2.75) is 95.5 Å². The Kier molecular flexibility index (Phi) is 11.7. The summed E-state index contributed by atoms with van der Waals surface area (Å²) in [6.45, 7) is 3.51. The summed E-state index contributed by atoms with van der Waals surface area (Å²) in [5.74, 6) is -0.578. The number of aryl methyl sites for hydroxylation is 1. The molecule has 0 radical (unpaired) electrons. The SMILES string of the molecule is CC(C)OC(=O)CCCC=CC[C@@H]1[C@@H](OC[C@@H](O)CCc2cccc(C(F)(F)F)c2)[C@H](O)C[C@@H]1O. The molecule has 0 aromatic heterocycles. The maximum Gasteiger partial charge on any atom is 0.416 e. The van der Waals surface area contributed by atoms with E-state index in [2.05, 4.69) is 0 Å². The molecule has 9 heteroatoms. The Hall–Kier alpha value is -1.94. The van der Waals surface area contributed by atoms with Crippen molar-refractivity contribution in [2.75, 3.05) is 6.61 Å². The number of rotatable bonds is 13. The third kappa shape index (κ3) is 10.3. The minimum atomic E-state index is -4.42. The lowest BCUT2D eigenvalue weighted by Gasteiger charge is -2.24. The molecule has 35 heavy (non-hydrogen) atoms. The quantitative estimate of drug-likeness (QED) is 0.213. The average Bonchev–Trinajstić information content (AvgIpc) is 3.04. The number of carbonyl (C=O) groups is 1. The lowest BCUT2D eigenvalue weighted by atomic mass is 9.98. The van der Waals surface area contributed by atoms with E-state index >= 15 is 0 Å². The Morgan fingerprint density at radius 3 is 2.63 bits per heavy atom. The van der Waals surface area contributed by atoms with Crippen LogP contribution in [0.25, 0.3) is 0 Å². The van der Waals surface area contributed by atoms with Crippen LogP contribution in [-0.4, -0.2) is 58.4 Å². The summed E-state index contributed by atoms with van der Waals surface area (Å²) >= 11 is 0. The number of ether oxygens (including phenoxy) is 2. The lowest BCUT2D eigenvalue weighted by Crippen LogP contribution is -2.33. The number of allylic oxidation sites excluding steroid dienone is 2. The van der Waals surface area contributed by atoms with Gasteiger partial charge in [-0.1, -0.05) is 30.4 Å². The monoisotopic (exact) mass is 502 g/mol. The van der Waals surface area contributed by atoms with Gasteiger partial charge in [0.05, 0.1) is 42.7 Å². The molecule has 198 valence electrons. The molecule has 1 aromatic rings. The summed E-state index contributed by atoms with van der Waals surface area (Å²) < 4.78 is 49.4. The Morgan fingerprint density at radius 1 is 1.20 bits per heavy atom. The van der Waals surface area contributed by atoms with Crippen LogP contribution >= 0.6 is 0 Å². The fourth-order valence-electron chi connectivity index (χ4n) is 4.19. The zero-order chi connectivity index (χ0) is 26.0. The van der Waals surface area contributed by atoms with Gasteiger partial charge in [-0.3, -0.25) is 4.79 Å². The van der Waals surface area contributed by atoms with E-state index in [1.807, 2.05) is 12.2 Å². The molecular formula is C26H37F3O6. The maximum absolute atomic E-state index is 12.9. The fraction of sp³-hybridized carbons (Fsp3) is 0.654. The molecular weight excluding hydrogens is 465 g/mol. The Bertz CT molecular complexity index is 811. The summed E-state index contributed by atoms with van der Waals surface area (Å²) in [4.78, 5) is 11.5. The van der Waals surface area contributed by atoms with Gasteiger partial charge in [-0.2, -0.15) is 13.2 Å². The number of alkyl halides is 3. The van der Waals surface area contributed by atoms with Crippen molar-refractivity contribution in [3.8, 4) is 0 Å². The van der Waals surface area contributed by atoms with Crippen LogP contribution in [0.5, 0.6) is 0 Å². The smallest absolute Gasteiger partial charge is 0.416 e. The molecule has 3 N–H and O–H groups in total. The van der Waals surface area contributed by atoms with Gasteiger partial charge < -0.3 is 24.8 Å². The van der Waals surface area contributed by atoms with E-state index in [-0.39, 0.29) is 43.9 Å². The van der Waals surface area contributed by atoms with E-state index in [1.165, 1.54) is 6.07 Å². The molecule has 0 heterocycles. The maximum atomic E-state index is 12.9. The Labute approximate surface area is 204 Å². The van der Waals surface area contributed by atoms with E-state index in [0.717, 1.165) is 12.1 Å². The van der Waals surface area contributed by atoms with Gasteiger partial charge in [-0.25, -0.2) is 0 Å². The summed E-state index contributed by atoms with van der Waals surface area (Å²) in [6.07, 6.45) is -1.18. The molecule has 1 fully saturated rings. The number of unbranched alkanes of at least 4 members (excludes halogenated alkanes) is 1. The van der Waals surface area contributed by atoms with Crippen molar-refractivity contribution in [2.24, 2.45) is 5.92 Å². The number of halogens is 3. The number of esters is 1. The minimum Gasteiger partial charge on any atom is -0.463 e. The molecule has 0 amide bonds. The van der Waals surface area contributed by atoms with Crippen molar-refractivity contribution in [3.05, 3.63) is 47.5 Å². The van der Waals surface area contributed by atoms with Gasteiger partial charge in [-0.05, 0) is 57.6 Å². The number of hydrogen-bond donors (Lipinski definition) is 3. The Morgan fingerprint density at radius 2 is 1.94 bits per heavy atom. The molecule has 1 aliphatic rings. The van der Waals surface area contributed by atoms with Gasteiger partial charge in [0.2, 0.25) is 0 Å². The summed E-state index contributed by atoms with van der Waals surface area (Å²) in [5, 5.41) is 30.9.